The molecule has 1 aromatic heterocycles. The van der Waals surface area contributed by atoms with Crippen molar-refractivity contribution in [2.24, 2.45) is 5.84 Å². The van der Waals surface area contributed by atoms with Crippen molar-refractivity contribution < 1.29 is 4.39 Å². The molecule has 0 atom stereocenters. The molecule has 3 N–H and O–H groups in total. The van der Waals surface area contributed by atoms with Crippen LogP contribution in [-0.2, 0) is 0 Å². The molecule has 1 heterocycles. The van der Waals surface area contributed by atoms with Crippen LogP contribution in [0.15, 0.2) is 36.5 Å². The number of hydrogen-bond donors (Lipinski definition) is 2. The van der Waals surface area contributed by atoms with Crippen LogP contribution >= 0.6 is 11.6 Å². The summed E-state index contributed by atoms with van der Waals surface area (Å²) in [6.07, 6.45) is 1.55. The van der Waals surface area contributed by atoms with Crippen LogP contribution in [0.25, 0.3) is 11.3 Å². The van der Waals surface area contributed by atoms with E-state index in [9.17, 15) is 4.39 Å². The molecule has 2 aromatic rings. The number of nitrogen functional groups attached to an aromatic ring is 1. The highest BCUT2D eigenvalue weighted by Crippen LogP contribution is 2.25. The fraction of sp³-hybridized carbons (Fsp3) is 0. The van der Waals surface area contributed by atoms with Crippen LogP contribution in [-0.4, -0.2) is 4.98 Å². The molecule has 0 aliphatic heterocycles. The Balaban J connectivity index is 2.49. The zero-order chi connectivity index (χ0) is 11.5. The number of nitrogens with one attached hydrogen (secondary N) is 1. The van der Waals surface area contributed by atoms with Crippen molar-refractivity contribution in [2.75, 3.05) is 5.43 Å². The van der Waals surface area contributed by atoms with Crippen LogP contribution in [0.3, 0.4) is 0 Å². The van der Waals surface area contributed by atoms with Gasteiger partial charge >= 0.3 is 0 Å². The normalized spacial score (nSPS) is 10.2. The van der Waals surface area contributed by atoms with Gasteiger partial charge < -0.3 is 5.43 Å². The molecule has 0 aliphatic rings. The lowest BCUT2D eigenvalue weighted by molar-refractivity contribution is 0.631. The van der Waals surface area contributed by atoms with Gasteiger partial charge in [-0.05, 0) is 30.3 Å². The lowest BCUT2D eigenvalue weighted by Crippen LogP contribution is -2.06. The van der Waals surface area contributed by atoms with E-state index in [2.05, 4.69) is 10.4 Å². The first kappa shape index (κ1) is 10.9. The molecule has 0 fully saturated rings. The van der Waals surface area contributed by atoms with Gasteiger partial charge in [-0.3, -0.25) is 10.8 Å². The Labute approximate surface area is 97.0 Å². The molecule has 0 spiro atoms. The Hall–Kier alpha value is -1.65. The van der Waals surface area contributed by atoms with Gasteiger partial charge in [-0.25, -0.2) is 4.39 Å². The zero-order valence-corrected chi connectivity index (χ0v) is 9.00. The lowest BCUT2D eigenvalue weighted by Gasteiger charge is -2.05. The summed E-state index contributed by atoms with van der Waals surface area (Å²) in [5.74, 6) is 4.86. The minimum atomic E-state index is -0.408. The van der Waals surface area contributed by atoms with Crippen molar-refractivity contribution in [1.29, 1.82) is 0 Å². The van der Waals surface area contributed by atoms with Crippen LogP contribution in [0.5, 0.6) is 0 Å². The monoisotopic (exact) mass is 237 g/mol. The van der Waals surface area contributed by atoms with Crippen LogP contribution in [0.4, 0.5) is 10.1 Å². The Morgan fingerprint density at radius 3 is 2.75 bits per heavy atom. The minimum absolute atomic E-state index is 0.356. The van der Waals surface area contributed by atoms with E-state index in [0.717, 1.165) is 0 Å². The molecule has 1 aromatic carbocycles. The maximum atomic E-state index is 13.6. The fourth-order valence-corrected chi connectivity index (χ4v) is 1.52. The van der Waals surface area contributed by atoms with E-state index in [-0.39, 0.29) is 0 Å². The Bertz CT molecular complexity index is 516. The molecule has 2 rings (SSSR count). The molecule has 0 amide bonds. The molecular weight excluding hydrogens is 229 g/mol. The van der Waals surface area contributed by atoms with E-state index in [0.29, 0.717) is 22.0 Å². The van der Waals surface area contributed by atoms with Gasteiger partial charge in [-0.1, -0.05) is 11.6 Å². The van der Waals surface area contributed by atoms with Gasteiger partial charge in [0.2, 0.25) is 0 Å². The SMILES string of the molecule is NNc1ccnc(-c2ccc(Cl)cc2F)c1. The van der Waals surface area contributed by atoms with Crippen molar-refractivity contribution in [2.45, 2.75) is 0 Å². The quantitative estimate of drug-likeness (QED) is 0.624. The van der Waals surface area contributed by atoms with Crippen molar-refractivity contribution >= 4 is 17.3 Å². The first-order valence-corrected chi connectivity index (χ1v) is 4.96. The number of pyridine rings is 1. The molecule has 16 heavy (non-hydrogen) atoms. The highest BCUT2D eigenvalue weighted by molar-refractivity contribution is 6.30. The van der Waals surface area contributed by atoms with Crippen LogP contribution in [0.2, 0.25) is 5.02 Å². The van der Waals surface area contributed by atoms with Crippen molar-refractivity contribution in [3.8, 4) is 11.3 Å². The van der Waals surface area contributed by atoms with Crippen molar-refractivity contribution in [3.05, 3.63) is 47.4 Å². The topological polar surface area (TPSA) is 50.9 Å². The number of aromatic nitrogens is 1. The number of nitrogens with zero attached hydrogens (tertiary/aromatic N) is 1. The Morgan fingerprint density at radius 2 is 2.06 bits per heavy atom. The summed E-state index contributed by atoms with van der Waals surface area (Å²) in [7, 11) is 0. The third kappa shape index (κ3) is 2.13. The largest absolute Gasteiger partial charge is 0.324 e. The molecule has 0 aliphatic carbocycles. The van der Waals surface area contributed by atoms with E-state index in [1.54, 1.807) is 30.5 Å². The van der Waals surface area contributed by atoms with Crippen molar-refractivity contribution in [1.82, 2.24) is 4.98 Å². The second-order valence-electron chi connectivity index (χ2n) is 3.20. The minimum Gasteiger partial charge on any atom is -0.324 e. The predicted octanol–water partition coefficient (Wildman–Crippen LogP) is 2.83. The molecule has 0 saturated carbocycles. The van der Waals surface area contributed by atoms with Gasteiger partial charge in [0, 0.05) is 16.8 Å². The average Bonchev–Trinajstić information content (AvgIpc) is 2.29. The molecule has 0 saturated heterocycles. The van der Waals surface area contributed by atoms with Gasteiger partial charge in [-0.2, -0.15) is 0 Å². The fourth-order valence-electron chi connectivity index (χ4n) is 1.36. The number of benzene rings is 1. The molecule has 0 unspecified atom stereocenters. The second kappa shape index (κ2) is 4.47. The summed E-state index contributed by atoms with van der Waals surface area (Å²) in [6, 6.07) is 7.80. The van der Waals surface area contributed by atoms with E-state index in [4.69, 9.17) is 17.4 Å². The van der Waals surface area contributed by atoms with Gasteiger partial charge in [0.25, 0.3) is 0 Å². The molecule has 3 nitrogen and oxygen atoms in total. The standard InChI is InChI=1S/C11H9ClFN3/c12-7-1-2-9(10(13)5-7)11-6-8(16-14)3-4-15-11/h1-6H,14H2,(H,15,16). The highest BCUT2D eigenvalue weighted by Gasteiger charge is 2.07. The summed E-state index contributed by atoms with van der Waals surface area (Å²) in [4.78, 5) is 4.07. The van der Waals surface area contributed by atoms with Crippen LogP contribution < -0.4 is 11.3 Å². The number of rotatable bonds is 2. The summed E-state index contributed by atoms with van der Waals surface area (Å²) in [6.45, 7) is 0. The van der Waals surface area contributed by atoms with Gasteiger partial charge in [0.1, 0.15) is 5.82 Å². The number of halogens is 2. The highest BCUT2D eigenvalue weighted by atomic mass is 35.5. The van der Waals surface area contributed by atoms with Gasteiger partial charge in [0.15, 0.2) is 0 Å². The maximum Gasteiger partial charge on any atom is 0.134 e. The third-order valence-electron chi connectivity index (χ3n) is 2.13. The van der Waals surface area contributed by atoms with Crippen LogP contribution in [0, 0.1) is 5.82 Å². The Kier molecular flexibility index (Phi) is 3.03. The first-order valence-electron chi connectivity index (χ1n) is 4.59. The van der Waals surface area contributed by atoms with E-state index < -0.39 is 5.82 Å². The molecule has 5 heteroatoms. The number of anilines is 1. The first-order chi connectivity index (χ1) is 7.70. The smallest absolute Gasteiger partial charge is 0.134 e. The van der Waals surface area contributed by atoms with Gasteiger partial charge in [0.05, 0.1) is 11.4 Å². The lowest BCUT2D eigenvalue weighted by atomic mass is 10.1. The number of hydrazine groups is 1. The van der Waals surface area contributed by atoms with Gasteiger partial charge in [-0.15, -0.1) is 0 Å². The van der Waals surface area contributed by atoms with E-state index >= 15 is 0 Å². The zero-order valence-electron chi connectivity index (χ0n) is 8.24. The summed E-state index contributed by atoms with van der Waals surface area (Å²) < 4.78 is 13.6. The second-order valence-corrected chi connectivity index (χ2v) is 3.63. The predicted molar refractivity (Wildman–Crippen MR) is 62.5 cm³/mol. The Morgan fingerprint density at radius 1 is 1.25 bits per heavy atom. The molecular formula is C11H9ClFN3. The van der Waals surface area contributed by atoms with E-state index in [1.165, 1.54) is 6.07 Å². The summed E-state index contributed by atoms with van der Waals surface area (Å²) in [5.41, 5.74) is 4.04. The van der Waals surface area contributed by atoms with E-state index in [1.807, 2.05) is 0 Å². The average molecular weight is 238 g/mol. The maximum absolute atomic E-state index is 13.6. The number of hydrogen-bond acceptors (Lipinski definition) is 3. The van der Waals surface area contributed by atoms with Crippen LogP contribution in [0.1, 0.15) is 0 Å². The molecule has 0 bridgehead atoms. The molecule has 0 radical (unpaired) electrons. The third-order valence-corrected chi connectivity index (χ3v) is 2.37. The number of nitrogens with two attached hydrogens (primary N) is 1. The summed E-state index contributed by atoms with van der Waals surface area (Å²) in [5, 5.41) is 0.356. The molecule has 82 valence electrons. The summed E-state index contributed by atoms with van der Waals surface area (Å²) >= 11 is 5.67. The van der Waals surface area contributed by atoms with Crippen molar-refractivity contribution in [3.63, 3.8) is 0 Å².